The van der Waals surface area contributed by atoms with Crippen LogP contribution < -0.4 is 21.7 Å². The number of imide groups is 1. The van der Waals surface area contributed by atoms with Crippen molar-refractivity contribution < 1.29 is 29.1 Å². The predicted octanol–water partition coefficient (Wildman–Crippen LogP) is 0.967. The van der Waals surface area contributed by atoms with Crippen LogP contribution >= 0.6 is 0 Å². The second kappa shape index (κ2) is 15.6. The maximum atomic E-state index is 13.1. The molecule has 0 radical (unpaired) electrons. The minimum absolute atomic E-state index is 0.107. The summed E-state index contributed by atoms with van der Waals surface area (Å²) >= 11 is 0. The zero-order valence-corrected chi connectivity index (χ0v) is 22.1. The Kier molecular flexibility index (Phi) is 12.6. The smallest absolute Gasteiger partial charge is 0.253 e. The van der Waals surface area contributed by atoms with Crippen molar-refractivity contribution in [3.8, 4) is 0 Å². The Balaban J connectivity index is 1.86. The minimum Gasteiger partial charge on any atom is -0.392 e. The van der Waals surface area contributed by atoms with Gasteiger partial charge >= 0.3 is 0 Å². The molecule has 0 aromatic heterocycles. The molecule has 11 nitrogen and oxygen atoms in total. The molecule has 0 spiro atoms. The van der Waals surface area contributed by atoms with Gasteiger partial charge in [0.25, 0.3) is 11.8 Å². The summed E-state index contributed by atoms with van der Waals surface area (Å²) in [6.07, 6.45) is 5.30. The topological polar surface area (TPSA) is 171 Å². The molecule has 1 aliphatic rings. The van der Waals surface area contributed by atoms with E-state index in [1.54, 1.807) is 38.1 Å². The summed E-state index contributed by atoms with van der Waals surface area (Å²) in [6, 6.07) is 5.05. The molecule has 2 atom stereocenters. The molecular weight excluding hydrogens is 490 g/mol. The normalized spacial score (nSPS) is 14.5. The van der Waals surface area contributed by atoms with E-state index in [1.807, 2.05) is 0 Å². The zero-order valence-electron chi connectivity index (χ0n) is 22.1. The third kappa shape index (κ3) is 9.71. The van der Waals surface area contributed by atoms with E-state index < -0.39 is 23.9 Å². The van der Waals surface area contributed by atoms with Crippen LogP contribution in [0.25, 0.3) is 0 Å². The Labute approximate surface area is 223 Å². The van der Waals surface area contributed by atoms with Gasteiger partial charge in [0, 0.05) is 30.8 Å². The number of hydrogen-bond donors (Lipinski definition) is 5. The molecule has 1 aliphatic heterocycles. The highest BCUT2D eigenvalue weighted by Crippen LogP contribution is 2.12. The van der Waals surface area contributed by atoms with Crippen molar-refractivity contribution in [1.29, 1.82) is 0 Å². The van der Waals surface area contributed by atoms with Gasteiger partial charge in [-0.25, -0.2) is 0 Å². The first-order valence-electron chi connectivity index (χ1n) is 13.0. The van der Waals surface area contributed by atoms with E-state index in [4.69, 9.17) is 5.73 Å². The van der Waals surface area contributed by atoms with Crippen molar-refractivity contribution in [1.82, 2.24) is 15.5 Å². The average molecular weight is 530 g/mol. The summed E-state index contributed by atoms with van der Waals surface area (Å²) in [6.45, 7) is 4.16. The second-order valence-electron chi connectivity index (χ2n) is 9.60. The Morgan fingerprint density at radius 1 is 0.921 bits per heavy atom. The Morgan fingerprint density at radius 2 is 1.58 bits per heavy atom. The van der Waals surface area contributed by atoms with Crippen molar-refractivity contribution >= 4 is 35.2 Å². The van der Waals surface area contributed by atoms with Crippen LogP contribution in [0.3, 0.4) is 0 Å². The third-order valence-electron chi connectivity index (χ3n) is 6.19. The quantitative estimate of drug-likeness (QED) is 0.157. The van der Waals surface area contributed by atoms with Gasteiger partial charge in [-0.05, 0) is 55.8 Å². The zero-order chi connectivity index (χ0) is 28.1. The molecule has 1 heterocycles. The number of nitrogens with zero attached hydrogens (tertiary/aromatic N) is 1. The number of hydrogen-bond acceptors (Lipinski definition) is 7. The molecule has 0 unspecified atom stereocenters. The number of nitrogens with one attached hydrogen (secondary N) is 3. The van der Waals surface area contributed by atoms with Gasteiger partial charge in [-0.3, -0.25) is 28.9 Å². The first-order valence-corrected chi connectivity index (χ1v) is 13.0. The minimum atomic E-state index is -0.841. The second-order valence-corrected chi connectivity index (χ2v) is 9.60. The fourth-order valence-electron chi connectivity index (χ4n) is 3.94. The molecule has 0 saturated carbocycles. The Morgan fingerprint density at radius 3 is 2.16 bits per heavy atom. The van der Waals surface area contributed by atoms with E-state index in [1.165, 1.54) is 17.1 Å². The van der Waals surface area contributed by atoms with Crippen molar-refractivity contribution in [2.45, 2.75) is 71.1 Å². The number of carbonyl (C=O) groups is 5. The van der Waals surface area contributed by atoms with Gasteiger partial charge in [-0.15, -0.1) is 0 Å². The lowest BCUT2D eigenvalue weighted by Gasteiger charge is -2.25. The summed E-state index contributed by atoms with van der Waals surface area (Å²) in [5.41, 5.74) is 6.86. The highest BCUT2D eigenvalue weighted by atomic mass is 16.3. The number of carbonyl (C=O) groups excluding carboxylic acids is 5. The van der Waals surface area contributed by atoms with Gasteiger partial charge in [-0.2, -0.15) is 0 Å². The maximum absolute atomic E-state index is 13.1. The van der Waals surface area contributed by atoms with Crippen LogP contribution in [0, 0.1) is 5.92 Å². The standard InChI is InChI=1S/C27H39N5O6/c1-18(2)25(31-22(34)8-4-3-5-16-32-23(35)13-14-24(32)36)27(38)30-21(7-6-15-28)26(37)29-20-11-9-19(17-33)10-12-20/h9-14,18,21,25,33H,3-8,15-17,28H2,1-2H3,(H,29,37)(H,30,38)(H,31,34)/t21-,25-/m0/s1. The van der Waals surface area contributed by atoms with Crippen molar-refractivity contribution in [3.05, 3.63) is 42.0 Å². The average Bonchev–Trinajstić information content (AvgIpc) is 3.21. The number of rotatable bonds is 16. The highest BCUT2D eigenvalue weighted by Gasteiger charge is 2.28. The molecule has 0 fully saturated rings. The fraction of sp³-hybridized carbons (Fsp3) is 0.519. The van der Waals surface area contributed by atoms with Crippen molar-refractivity contribution in [2.75, 3.05) is 18.4 Å². The number of unbranched alkanes of at least 4 members (excludes halogenated alkanes) is 2. The molecule has 5 amide bonds. The molecule has 208 valence electrons. The van der Waals surface area contributed by atoms with Gasteiger partial charge in [0.1, 0.15) is 12.1 Å². The van der Waals surface area contributed by atoms with Gasteiger partial charge in [-0.1, -0.05) is 32.4 Å². The first kappa shape index (κ1) is 30.7. The molecular formula is C27H39N5O6. The van der Waals surface area contributed by atoms with E-state index in [0.29, 0.717) is 56.4 Å². The van der Waals surface area contributed by atoms with Crippen molar-refractivity contribution in [2.24, 2.45) is 11.7 Å². The largest absolute Gasteiger partial charge is 0.392 e. The Hall–Kier alpha value is -3.57. The number of aliphatic hydroxyl groups excluding tert-OH is 1. The van der Waals surface area contributed by atoms with Gasteiger partial charge in [0.2, 0.25) is 17.7 Å². The van der Waals surface area contributed by atoms with Crippen LogP contribution in [0.2, 0.25) is 0 Å². The van der Waals surface area contributed by atoms with Gasteiger partial charge in [0.15, 0.2) is 0 Å². The van der Waals surface area contributed by atoms with Gasteiger partial charge in [0.05, 0.1) is 6.61 Å². The van der Waals surface area contributed by atoms with Crippen molar-refractivity contribution in [3.63, 3.8) is 0 Å². The molecule has 0 bridgehead atoms. The molecule has 1 aromatic rings. The number of nitrogens with two attached hydrogens (primary N) is 1. The van der Waals surface area contributed by atoms with E-state index in [0.717, 1.165) is 0 Å². The predicted molar refractivity (Wildman–Crippen MR) is 142 cm³/mol. The number of benzene rings is 1. The van der Waals surface area contributed by atoms with Gasteiger partial charge < -0.3 is 26.8 Å². The van der Waals surface area contributed by atoms with E-state index in [2.05, 4.69) is 16.0 Å². The molecule has 11 heteroatoms. The maximum Gasteiger partial charge on any atom is 0.253 e. The lowest BCUT2D eigenvalue weighted by atomic mass is 10.0. The summed E-state index contributed by atoms with van der Waals surface area (Å²) in [7, 11) is 0. The van der Waals surface area contributed by atoms with Crippen LogP contribution in [0.5, 0.6) is 0 Å². The molecule has 0 aliphatic carbocycles. The molecule has 6 N–H and O–H groups in total. The third-order valence-corrected chi connectivity index (χ3v) is 6.19. The van der Waals surface area contributed by atoms with E-state index in [-0.39, 0.29) is 36.7 Å². The van der Waals surface area contributed by atoms with Crippen LogP contribution in [0.1, 0.15) is 57.9 Å². The van der Waals surface area contributed by atoms with E-state index in [9.17, 15) is 29.1 Å². The first-order chi connectivity index (χ1) is 18.2. The summed E-state index contributed by atoms with van der Waals surface area (Å²) < 4.78 is 0. The van der Waals surface area contributed by atoms with Crippen LogP contribution in [0.4, 0.5) is 5.69 Å². The summed E-state index contributed by atoms with van der Waals surface area (Å²) in [5.74, 6) is -2.01. The Bertz CT molecular complexity index is 990. The SMILES string of the molecule is CC(C)[C@H](NC(=O)CCCCCN1C(=O)C=CC1=O)C(=O)N[C@@H](CCCN)C(=O)Nc1ccc(CO)cc1. The molecule has 38 heavy (non-hydrogen) atoms. The summed E-state index contributed by atoms with van der Waals surface area (Å²) in [5, 5.41) is 17.5. The number of anilines is 1. The lowest BCUT2D eigenvalue weighted by Crippen LogP contribution is -2.54. The van der Waals surface area contributed by atoms with Crippen LogP contribution in [0.15, 0.2) is 36.4 Å². The van der Waals surface area contributed by atoms with Crippen LogP contribution in [-0.2, 0) is 30.6 Å². The molecule has 2 rings (SSSR count). The van der Waals surface area contributed by atoms with Crippen LogP contribution in [-0.4, -0.2) is 64.7 Å². The summed E-state index contributed by atoms with van der Waals surface area (Å²) in [4.78, 5) is 62.8. The lowest BCUT2D eigenvalue weighted by molar-refractivity contribution is -0.137. The van der Waals surface area contributed by atoms with E-state index >= 15 is 0 Å². The monoisotopic (exact) mass is 529 g/mol. The fourth-order valence-corrected chi connectivity index (χ4v) is 3.94. The molecule has 0 saturated heterocycles. The number of amides is 5. The highest BCUT2D eigenvalue weighted by molar-refractivity contribution is 6.12. The number of aliphatic hydroxyl groups is 1. The molecule has 1 aromatic carbocycles.